The zero-order valence-electron chi connectivity index (χ0n) is 42.1. The van der Waals surface area contributed by atoms with Crippen LogP contribution in [0.5, 0.6) is 0 Å². The second-order valence-electron chi connectivity index (χ2n) is 17.4. The summed E-state index contributed by atoms with van der Waals surface area (Å²) in [5.41, 5.74) is 0. The molecule has 10 heteroatoms. The highest BCUT2D eigenvalue weighted by atomic mass is 31.2. The van der Waals surface area contributed by atoms with E-state index >= 15 is 0 Å². The highest BCUT2D eigenvalue weighted by Gasteiger charge is 2.21. The molecule has 0 aliphatic rings. The van der Waals surface area contributed by atoms with Gasteiger partial charge in [-0.1, -0.05) is 187 Å². The predicted molar refractivity (Wildman–Crippen MR) is 277 cm³/mol. The Bertz CT molecular complexity index is 1530. The molecule has 0 amide bonds. The van der Waals surface area contributed by atoms with Crippen LogP contribution in [0.4, 0.5) is 0 Å². The Labute approximate surface area is 403 Å². The van der Waals surface area contributed by atoms with Gasteiger partial charge in [0, 0.05) is 12.8 Å². The number of rotatable bonds is 44. The van der Waals surface area contributed by atoms with E-state index in [9.17, 15) is 19.0 Å². The van der Waals surface area contributed by atoms with Crippen molar-refractivity contribution in [1.29, 1.82) is 0 Å². The van der Waals surface area contributed by atoms with Gasteiger partial charge in [0.25, 0.3) is 7.82 Å². The fraction of sp³-hybridized carbons (Fsp3) is 0.607. The highest BCUT2D eigenvalue weighted by Crippen LogP contribution is 2.38. The number of carbonyl (C=O) groups is 2. The number of allylic oxidation sites excluding steroid dienone is 20. The summed E-state index contributed by atoms with van der Waals surface area (Å²) in [4.78, 5) is 37.7. The van der Waals surface area contributed by atoms with Crippen LogP contribution in [-0.2, 0) is 32.7 Å². The van der Waals surface area contributed by atoms with Crippen LogP contribution in [0.25, 0.3) is 0 Å². The molecule has 66 heavy (non-hydrogen) atoms. The van der Waals surface area contributed by atoms with Gasteiger partial charge in [-0.2, -0.15) is 0 Å². The summed E-state index contributed by atoms with van der Waals surface area (Å²) in [7, 11) is 1.10. The van der Waals surface area contributed by atoms with Crippen LogP contribution in [0, 0.1) is 0 Å². The van der Waals surface area contributed by atoms with E-state index in [1.54, 1.807) is 0 Å². The number of hydrogen-bond acceptors (Lipinski definition) is 8. The van der Waals surface area contributed by atoms with E-state index in [2.05, 4.69) is 123 Å². The molecule has 0 aromatic rings. The summed E-state index contributed by atoms with van der Waals surface area (Å²) >= 11 is 0. The van der Waals surface area contributed by atoms with Crippen LogP contribution in [0.1, 0.15) is 168 Å². The zero-order valence-corrected chi connectivity index (χ0v) is 43.0. The van der Waals surface area contributed by atoms with E-state index in [1.807, 2.05) is 33.3 Å². The molecule has 0 heterocycles. The highest BCUT2D eigenvalue weighted by molar-refractivity contribution is 7.45. The van der Waals surface area contributed by atoms with Gasteiger partial charge >= 0.3 is 11.9 Å². The second-order valence-corrected chi connectivity index (χ2v) is 18.8. The number of unbranched alkanes of at least 4 members (excludes halogenated alkanes) is 10. The van der Waals surface area contributed by atoms with Gasteiger partial charge in [-0.25, -0.2) is 0 Å². The van der Waals surface area contributed by atoms with Gasteiger partial charge in [-0.15, -0.1) is 0 Å². The van der Waals surface area contributed by atoms with Crippen molar-refractivity contribution >= 4 is 19.8 Å². The van der Waals surface area contributed by atoms with E-state index in [4.69, 9.17) is 18.5 Å². The molecule has 0 bridgehead atoms. The number of nitrogens with zero attached hydrogens (tertiary/aromatic N) is 1. The van der Waals surface area contributed by atoms with Gasteiger partial charge in [0.2, 0.25) is 0 Å². The molecule has 0 aliphatic carbocycles. The maximum absolute atomic E-state index is 12.7. The number of esters is 2. The largest absolute Gasteiger partial charge is 0.756 e. The van der Waals surface area contributed by atoms with Crippen LogP contribution in [-0.4, -0.2) is 70.0 Å². The van der Waals surface area contributed by atoms with Crippen LogP contribution >= 0.6 is 7.82 Å². The molecule has 0 saturated carbocycles. The summed E-state index contributed by atoms with van der Waals surface area (Å²) in [6.07, 6.45) is 65.3. The number of hydrogen-bond donors (Lipinski definition) is 0. The van der Waals surface area contributed by atoms with E-state index in [1.165, 1.54) is 38.5 Å². The second kappa shape index (κ2) is 46.5. The Balaban J connectivity index is 4.38. The molecule has 374 valence electrons. The Morgan fingerprint density at radius 2 is 0.848 bits per heavy atom. The SMILES string of the molecule is CC/C=C\C/C=C\C/C=C\C/C=C\C/C=C\C/C=C\CCC(=O)OC(COC(=O)CCCCCCCCCCCC/C=C\C/C=C\C/C=C\C/C=C\CC)COP(=O)([O-])OCC[N+](C)(C)C. The molecule has 0 fully saturated rings. The molecule has 2 atom stereocenters. The number of ether oxygens (including phenoxy) is 2. The number of phosphoric acid groups is 1. The smallest absolute Gasteiger partial charge is 0.306 e. The normalized spacial score (nSPS) is 14.5. The van der Waals surface area contributed by atoms with Crippen molar-refractivity contribution in [2.45, 2.75) is 174 Å². The lowest BCUT2D eigenvalue weighted by Crippen LogP contribution is -2.37. The van der Waals surface area contributed by atoms with Gasteiger partial charge in [0.1, 0.15) is 19.8 Å². The van der Waals surface area contributed by atoms with Crippen LogP contribution < -0.4 is 4.89 Å². The van der Waals surface area contributed by atoms with Gasteiger partial charge in [0.05, 0.1) is 27.7 Å². The fourth-order valence-corrected chi connectivity index (χ4v) is 6.87. The van der Waals surface area contributed by atoms with Crippen LogP contribution in [0.3, 0.4) is 0 Å². The van der Waals surface area contributed by atoms with E-state index in [0.717, 1.165) is 89.9 Å². The minimum Gasteiger partial charge on any atom is -0.756 e. The first-order valence-corrected chi connectivity index (χ1v) is 26.7. The molecule has 0 rings (SSSR count). The third-order valence-electron chi connectivity index (χ3n) is 9.99. The molecular weight excluding hydrogens is 846 g/mol. The van der Waals surface area contributed by atoms with Crippen molar-refractivity contribution in [3.05, 3.63) is 122 Å². The van der Waals surface area contributed by atoms with E-state index in [0.29, 0.717) is 23.9 Å². The first-order valence-electron chi connectivity index (χ1n) is 25.2. The maximum Gasteiger partial charge on any atom is 0.306 e. The lowest BCUT2D eigenvalue weighted by atomic mass is 10.1. The van der Waals surface area contributed by atoms with E-state index in [-0.39, 0.29) is 26.1 Å². The number of phosphoric ester groups is 1. The quantitative estimate of drug-likeness (QED) is 0.0195. The van der Waals surface area contributed by atoms with Crippen molar-refractivity contribution in [2.75, 3.05) is 47.5 Å². The van der Waals surface area contributed by atoms with Crippen molar-refractivity contribution in [1.82, 2.24) is 0 Å². The standard InChI is InChI=1S/C56H92NO8P/c1-6-8-10-12-14-16-18-20-22-24-26-27-28-29-31-32-34-36-38-40-42-44-46-48-55(58)62-52-54(53-64-66(60,61)63-51-50-57(3,4)5)65-56(59)49-47-45-43-41-39-37-35-33-30-25-23-21-19-17-15-13-11-9-7-2/h8-11,14-17,20-23,26-27,30,33,37,39,43,45,54H,6-7,12-13,18-19,24-25,28-29,31-32,34-36,38,40-42,44,46-53H2,1-5H3/b10-8-,11-9-,16-14-,17-15-,22-20-,23-21-,27-26-,33-30-,39-37-,45-43-. The average molecular weight is 938 g/mol. The predicted octanol–water partition coefficient (Wildman–Crippen LogP) is 14.6. The Morgan fingerprint density at radius 1 is 0.470 bits per heavy atom. The van der Waals surface area contributed by atoms with Gasteiger partial charge < -0.3 is 27.9 Å². The monoisotopic (exact) mass is 938 g/mol. The third-order valence-corrected chi connectivity index (χ3v) is 11.0. The van der Waals surface area contributed by atoms with Crippen molar-refractivity contribution in [2.24, 2.45) is 0 Å². The Morgan fingerprint density at radius 3 is 1.27 bits per heavy atom. The molecule has 0 N–H and O–H groups in total. The molecule has 0 radical (unpaired) electrons. The van der Waals surface area contributed by atoms with Gasteiger partial charge in [-0.05, 0) is 89.9 Å². The summed E-state index contributed by atoms with van der Waals surface area (Å²) < 4.78 is 33.9. The van der Waals surface area contributed by atoms with Gasteiger partial charge in [-0.3, -0.25) is 14.2 Å². The zero-order chi connectivity index (χ0) is 48.5. The third kappa shape index (κ3) is 49.8. The molecule has 2 unspecified atom stereocenters. The summed E-state index contributed by atoms with van der Waals surface area (Å²) in [5.74, 6) is -0.948. The minimum atomic E-state index is -4.66. The molecule has 0 aromatic heterocycles. The molecule has 0 saturated heterocycles. The number of quaternary nitrogens is 1. The molecule has 0 aliphatic heterocycles. The van der Waals surface area contributed by atoms with E-state index < -0.39 is 32.5 Å². The fourth-order valence-electron chi connectivity index (χ4n) is 6.14. The summed E-state index contributed by atoms with van der Waals surface area (Å²) in [6.45, 7) is 3.89. The summed E-state index contributed by atoms with van der Waals surface area (Å²) in [6, 6.07) is 0. The lowest BCUT2D eigenvalue weighted by Gasteiger charge is -2.28. The Kier molecular flexibility index (Phi) is 44.0. The minimum absolute atomic E-state index is 0.0521. The first-order chi connectivity index (χ1) is 32.0. The van der Waals surface area contributed by atoms with Crippen molar-refractivity contribution < 1.29 is 42.1 Å². The number of likely N-dealkylation sites (N-methyl/N-ethyl adjacent to an activating group) is 1. The molecule has 9 nitrogen and oxygen atoms in total. The molecule has 0 aromatic carbocycles. The number of carbonyl (C=O) groups excluding carboxylic acids is 2. The van der Waals surface area contributed by atoms with Gasteiger partial charge in [0.15, 0.2) is 6.10 Å². The van der Waals surface area contributed by atoms with Crippen molar-refractivity contribution in [3.8, 4) is 0 Å². The summed E-state index contributed by atoms with van der Waals surface area (Å²) in [5, 5.41) is 0. The van der Waals surface area contributed by atoms with Crippen molar-refractivity contribution in [3.63, 3.8) is 0 Å². The maximum atomic E-state index is 12.7. The molecule has 0 spiro atoms. The van der Waals surface area contributed by atoms with Crippen LogP contribution in [0.2, 0.25) is 0 Å². The van der Waals surface area contributed by atoms with Crippen LogP contribution in [0.15, 0.2) is 122 Å². The lowest BCUT2D eigenvalue weighted by molar-refractivity contribution is -0.870. The topological polar surface area (TPSA) is 111 Å². The molecular formula is C56H92NO8P. The first kappa shape index (κ1) is 62.4. The Hall–Kier alpha value is -3.59. The average Bonchev–Trinajstić information content (AvgIpc) is 3.27.